The molecule has 0 atom stereocenters. The van der Waals surface area contributed by atoms with Gasteiger partial charge in [0.15, 0.2) is 5.17 Å². The number of nitrogens with one attached hydrogen (secondary N) is 1. The average molecular weight is 271 g/mol. The summed E-state index contributed by atoms with van der Waals surface area (Å²) in [6, 6.07) is 10.2. The number of rotatable bonds is 1. The predicted molar refractivity (Wildman–Crippen MR) is 84.0 cm³/mol. The summed E-state index contributed by atoms with van der Waals surface area (Å²) in [5.41, 5.74) is 2.06. The van der Waals surface area contributed by atoms with Crippen molar-refractivity contribution < 1.29 is 0 Å². The maximum absolute atomic E-state index is 4.76. The van der Waals surface area contributed by atoms with Crippen molar-refractivity contribution in [2.45, 2.75) is 25.8 Å². The average Bonchev–Trinajstić information content (AvgIpc) is 2.38. The van der Waals surface area contributed by atoms with Crippen LogP contribution in [0.15, 0.2) is 41.5 Å². The van der Waals surface area contributed by atoms with E-state index in [0.29, 0.717) is 0 Å². The smallest absolute Gasteiger partial charge is 0.161 e. The summed E-state index contributed by atoms with van der Waals surface area (Å²) in [4.78, 5) is 9.21. The molecule has 4 heteroatoms. The number of nitrogens with zero attached hydrogens (tertiary/aromatic N) is 2. The van der Waals surface area contributed by atoms with Gasteiger partial charge in [-0.3, -0.25) is 9.98 Å². The minimum absolute atomic E-state index is 0.0333. The van der Waals surface area contributed by atoms with E-state index in [1.165, 1.54) is 0 Å². The minimum Gasteiger partial charge on any atom is -0.333 e. The number of pyridine rings is 1. The number of hydrogen-bond acceptors (Lipinski definition) is 4. The molecule has 2 aromatic rings. The lowest BCUT2D eigenvalue weighted by Crippen LogP contribution is -2.27. The van der Waals surface area contributed by atoms with Crippen LogP contribution >= 0.6 is 11.8 Å². The zero-order chi connectivity index (χ0) is 13.3. The van der Waals surface area contributed by atoms with Gasteiger partial charge >= 0.3 is 0 Å². The molecule has 0 bridgehead atoms. The Morgan fingerprint density at radius 1 is 1.21 bits per heavy atom. The summed E-state index contributed by atoms with van der Waals surface area (Å²) in [5, 5.41) is 5.57. The largest absolute Gasteiger partial charge is 0.333 e. The first-order valence-corrected chi connectivity index (χ1v) is 7.46. The van der Waals surface area contributed by atoms with E-state index in [0.717, 1.165) is 33.9 Å². The highest BCUT2D eigenvalue weighted by Crippen LogP contribution is 2.28. The van der Waals surface area contributed by atoms with Crippen LogP contribution in [0.2, 0.25) is 0 Å². The Morgan fingerprint density at radius 3 is 2.89 bits per heavy atom. The molecule has 0 radical (unpaired) electrons. The monoisotopic (exact) mass is 271 g/mol. The number of aliphatic imine (C=N–C) groups is 1. The molecule has 98 valence electrons. The van der Waals surface area contributed by atoms with Gasteiger partial charge in [0, 0.05) is 17.3 Å². The van der Waals surface area contributed by atoms with E-state index >= 15 is 0 Å². The lowest BCUT2D eigenvalue weighted by atomic mass is 10.0. The highest BCUT2D eigenvalue weighted by atomic mass is 32.2. The van der Waals surface area contributed by atoms with Gasteiger partial charge < -0.3 is 5.32 Å². The van der Waals surface area contributed by atoms with Gasteiger partial charge in [-0.15, -0.1) is 0 Å². The van der Waals surface area contributed by atoms with Gasteiger partial charge in [-0.25, -0.2) is 0 Å². The van der Waals surface area contributed by atoms with E-state index in [1.54, 1.807) is 11.8 Å². The van der Waals surface area contributed by atoms with Crippen molar-refractivity contribution in [3.05, 3.63) is 36.5 Å². The maximum atomic E-state index is 4.76. The zero-order valence-electron chi connectivity index (χ0n) is 11.2. The standard InChI is InChI=1S/C15H17N3S/c1-15(2)8-10-19-14(18-15)17-12-7-3-5-11-6-4-9-16-13(11)12/h3-7,9H,8,10H2,1-2H3,(H,17,18). The van der Waals surface area contributed by atoms with Crippen LogP contribution < -0.4 is 5.32 Å². The molecule has 0 saturated heterocycles. The van der Waals surface area contributed by atoms with Crippen molar-refractivity contribution in [1.82, 2.24) is 4.98 Å². The first kappa shape index (κ1) is 12.5. The van der Waals surface area contributed by atoms with E-state index in [-0.39, 0.29) is 5.54 Å². The van der Waals surface area contributed by atoms with Crippen LogP contribution in [0.5, 0.6) is 0 Å². The Morgan fingerprint density at radius 2 is 2.05 bits per heavy atom. The van der Waals surface area contributed by atoms with Gasteiger partial charge in [0.2, 0.25) is 0 Å². The van der Waals surface area contributed by atoms with Crippen molar-refractivity contribution in [1.29, 1.82) is 0 Å². The van der Waals surface area contributed by atoms with Crippen LogP contribution in [0.3, 0.4) is 0 Å². The molecule has 19 heavy (non-hydrogen) atoms. The number of benzene rings is 1. The number of hydrogen-bond donors (Lipinski definition) is 1. The fourth-order valence-corrected chi connectivity index (χ4v) is 3.43. The molecule has 2 heterocycles. The van der Waals surface area contributed by atoms with Gasteiger partial charge in [-0.1, -0.05) is 30.0 Å². The molecule has 3 rings (SSSR count). The SMILES string of the molecule is CC1(C)CCSC(Nc2cccc3cccnc23)=N1. The van der Waals surface area contributed by atoms with Gasteiger partial charge in [0.25, 0.3) is 0 Å². The summed E-state index contributed by atoms with van der Waals surface area (Å²) in [6.45, 7) is 4.35. The quantitative estimate of drug-likeness (QED) is 0.854. The normalized spacial score (nSPS) is 18.1. The molecule has 0 aliphatic carbocycles. The van der Waals surface area contributed by atoms with E-state index in [4.69, 9.17) is 4.99 Å². The third-order valence-electron chi connectivity index (χ3n) is 3.23. The maximum Gasteiger partial charge on any atom is 0.161 e. The highest BCUT2D eigenvalue weighted by molar-refractivity contribution is 8.14. The molecule has 0 unspecified atom stereocenters. The molecule has 1 aromatic heterocycles. The zero-order valence-corrected chi connectivity index (χ0v) is 12.0. The molecule has 0 fully saturated rings. The minimum atomic E-state index is 0.0333. The summed E-state index contributed by atoms with van der Waals surface area (Å²) in [7, 11) is 0. The third-order valence-corrected chi connectivity index (χ3v) is 4.11. The van der Waals surface area contributed by atoms with Crippen LogP contribution in [0.1, 0.15) is 20.3 Å². The topological polar surface area (TPSA) is 37.3 Å². The lowest BCUT2D eigenvalue weighted by Gasteiger charge is -2.26. The molecule has 1 aliphatic heterocycles. The van der Waals surface area contributed by atoms with Crippen LogP contribution in [-0.4, -0.2) is 21.4 Å². The second-order valence-corrected chi connectivity index (χ2v) is 6.42. The van der Waals surface area contributed by atoms with Crippen LogP contribution in [0.4, 0.5) is 5.69 Å². The Labute approximate surface area is 117 Å². The van der Waals surface area contributed by atoms with Gasteiger partial charge in [-0.2, -0.15) is 0 Å². The Kier molecular flexibility index (Phi) is 3.19. The Balaban J connectivity index is 1.96. The van der Waals surface area contributed by atoms with Crippen LogP contribution in [0, 0.1) is 0 Å². The summed E-state index contributed by atoms with van der Waals surface area (Å²) < 4.78 is 0. The van der Waals surface area contributed by atoms with Crippen LogP contribution in [-0.2, 0) is 0 Å². The summed E-state index contributed by atoms with van der Waals surface area (Å²) >= 11 is 1.78. The molecule has 0 amide bonds. The number of aromatic nitrogens is 1. The van der Waals surface area contributed by atoms with Gasteiger partial charge in [0.05, 0.1) is 16.7 Å². The highest BCUT2D eigenvalue weighted by Gasteiger charge is 2.22. The summed E-state index contributed by atoms with van der Waals surface area (Å²) in [5.74, 6) is 1.11. The molecule has 1 aromatic carbocycles. The van der Waals surface area contributed by atoms with Crippen molar-refractivity contribution in [2.24, 2.45) is 4.99 Å². The number of fused-ring (bicyclic) bond motifs is 1. The predicted octanol–water partition coefficient (Wildman–Crippen LogP) is 3.92. The molecular formula is C15H17N3S. The van der Waals surface area contributed by atoms with Crippen molar-refractivity contribution in [3.8, 4) is 0 Å². The number of para-hydroxylation sites is 1. The fourth-order valence-electron chi connectivity index (χ4n) is 2.14. The van der Waals surface area contributed by atoms with Crippen LogP contribution in [0.25, 0.3) is 10.9 Å². The second kappa shape index (κ2) is 4.85. The number of amidine groups is 1. The Bertz CT molecular complexity index is 629. The van der Waals surface area contributed by atoms with Crippen molar-refractivity contribution >= 4 is 33.5 Å². The summed E-state index contributed by atoms with van der Waals surface area (Å²) in [6.07, 6.45) is 2.95. The van der Waals surface area contributed by atoms with Gasteiger partial charge in [-0.05, 0) is 32.4 Å². The van der Waals surface area contributed by atoms with Crippen molar-refractivity contribution in [2.75, 3.05) is 11.1 Å². The lowest BCUT2D eigenvalue weighted by molar-refractivity contribution is 0.507. The van der Waals surface area contributed by atoms with E-state index in [1.807, 2.05) is 18.3 Å². The molecule has 1 aliphatic rings. The fraction of sp³-hybridized carbons (Fsp3) is 0.333. The Hall–Kier alpha value is -1.55. The van der Waals surface area contributed by atoms with E-state index in [2.05, 4.69) is 42.3 Å². The molecule has 0 saturated carbocycles. The molecule has 3 nitrogen and oxygen atoms in total. The van der Waals surface area contributed by atoms with E-state index in [9.17, 15) is 0 Å². The molecular weight excluding hydrogens is 254 g/mol. The van der Waals surface area contributed by atoms with E-state index < -0.39 is 0 Å². The number of anilines is 1. The van der Waals surface area contributed by atoms with Gasteiger partial charge in [0.1, 0.15) is 0 Å². The first-order chi connectivity index (χ1) is 9.14. The molecule has 0 spiro atoms. The first-order valence-electron chi connectivity index (χ1n) is 6.47. The second-order valence-electron chi connectivity index (χ2n) is 5.33. The molecule has 1 N–H and O–H groups in total. The van der Waals surface area contributed by atoms with Crippen molar-refractivity contribution in [3.63, 3.8) is 0 Å². The number of thioether (sulfide) groups is 1. The third kappa shape index (κ3) is 2.73.